The quantitative estimate of drug-likeness (QED) is 0.869. The van der Waals surface area contributed by atoms with Crippen molar-refractivity contribution in [3.63, 3.8) is 0 Å². The normalized spacial score (nSPS) is 14.1. The lowest BCUT2D eigenvalue weighted by molar-refractivity contribution is 0.574. The zero-order chi connectivity index (χ0) is 13.8. The number of nitrogens with two attached hydrogens (primary N) is 1. The second-order valence-corrected chi connectivity index (χ2v) is 5.32. The van der Waals surface area contributed by atoms with Gasteiger partial charge in [-0.2, -0.15) is 0 Å². The van der Waals surface area contributed by atoms with Crippen molar-refractivity contribution in [1.29, 1.82) is 0 Å². The SMILES string of the molecule is CCC(N)C(c1ccccc1)c1ccc(C)cc1C. The van der Waals surface area contributed by atoms with Gasteiger partial charge in [0.25, 0.3) is 0 Å². The predicted molar refractivity (Wildman–Crippen MR) is 82.5 cm³/mol. The van der Waals surface area contributed by atoms with Gasteiger partial charge in [0.2, 0.25) is 0 Å². The van der Waals surface area contributed by atoms with E-state index in [0.29, 0.717) is 0 Å². The summed E-state index contributed by atoms with van der Waals surface area (Å²) in [6, 6.07) is 17.4. The standard InChI is InChI=1S/C18H23N/c1-4-17(19)18(15-8-6-5-7-9-15)16-11-10-13(2)12-14(16)3/h5-12,17-18H,4,19H2,1-3H3. The maximum Gasteiger partial charge on any atom is 0.0243 e. The molecule has 0 aliphatic heterocycles. The molecule has 0 aliphatic rings. The maximum absolute atomic E-state index is 6.39. The van der Waals surface area contributed by atoms with Crippen LogP contribution in [-0.2, 0) is 0 Å². The summed E-state index contributed by atoms with van der Waals surface area (Å²) in [4.78, 5) is 0. The summed E-state index contributed by atoms with van der Waals surface area (Å²) in [5, 5.41) is 0. The Morgan fingerprint density at radius 2 is 1.68 bits per heavy atom. The number of aryl methyl sites for hydroxylation is 2. The fourth-order valence-corrected chi connectivity index (χ4v) is 2.73. The van der Waals surface area contributed by atoms with Crippen molar-refractivity contribution >= 4 is 0 Å². The van der Waals surface area contributed by atoms with E-state index in [4.69, 9.17) is 5.73 Å². The predicted octanol–water partition coefficient (Wildman–Crippen LogP) is 4.17. The van der Waals surface area contributed by atoms with Crippen LogP contribution in [0.15, 0.2) is 48.5 Å². The highest BCUT2D eigenvalue weighted by atomic mass is 14.6. The molecule has 0 saturated carbocycles. The highest BCUT2D eigenvalue weighted by molar-refractivity contribution is 5.40. The maximum atomic E-state index is 6.39. The molecule has 2 unspecified atom stereocenters. The fourth-order valence-electron chi connectivity index (χ4n) is 2.73. The van der Waals surface area contributed by atoms with E-state index in [1.54, 1.807) is 0 Å². The van der Waals surface area contributed by atoms with Gasteiger partial charge in [0.15, 0.2) is 0 Å². The molecular formula is C18H23N. The van der Waals surface area contributed by atoms with Gasteiger partial charge in [0.1, 0.15) is 0 Å². The van der Waals surface area contributed by atoms with E-state index in [0.717, 1.165) is 6.42 Å². The van der Waals surface area contributed by atoms with Crippen LogP contribution in [0.1, 0.15) is 41.5 Å². The van der Waals surface area contributed by atoms with Crippen LogP contribution in [0.2, 0.25) is 0 Å². The van der Waals surface area contributed by atoms with E-state index in [-0.39, 0.29) is 12.0 Å². The first-order valence-corrected chi connectivity index (χ1v) is 7.01. The number of hydrogen-bond donors (Lipinski definition) is 1. The molecule has 0 aliphatic carbocycles. The molecule has 0 heterocycles. The third-order valence-electron chi connectivity index (χ3n) is 3.82. The molecule has 19 heavy (non-hydrogen) atoms. The topological polar surface area (TPSA) is 26.0 Å². The zero-order valence-electron chi connectivity index (χ0n) is 12.1. The summed E-state index contributed by atoms with van der Waals surface area (Å²) >= 11 is 0. The van der Waals surface area contributed by atoms with E-state index >= 15 is 0 Å². The summed E-state index contributed by atoms with van der Waals surface area (Å²) < 4.78 is 0. The minimum absolute atomic E-state index is 0.156. The van der Waals surface area contributed by atoms with Crippen molar-refractivity contribution in [1.82, 2.24) is 0 Å². The fraction of sp³-hybridized carbons (Fsp3) is 0.333. The zero-order valence-corrected chi connectivity index (χ0v) is 12.1. The van der Waals surface area contributed by atoms with Crippen molar-refractivity contribution in [3.05, 3.63) is 70.8 Å². The Morgan fingerprint density at radius 1 is 1.00 bits per heavy atom. The highest BCUT2D eigenvalue weighted by Crippen LogP contribution is 2.31. The first-order chi connectivity index (χ1) is 9.13. The van der Waals surface area contributed by atoms with Crippen LogP contribution < -0.4 is 5.73 Å². The number of hydrogen-bond acceptors (Lipinski definition) is 1. The second-order valence-electron chi connectivity index (χ2n) is 5.32. The molecule has 2 aromatic carbocycles. The molecule has 2 rings (SSSR count). The lowest BCUT2D eigenvalue weighted by Crippen LogP contribution is -2.29. The number of rotatable bonds is 4. The Balaban J connectivity index is 2.49. The van der Waals surface area contributed by atoms with E-state index < -0.39 is 0 Å². The van der Waals surface area contributed by atoms with Crippen molar-refractivity contribution in [2.24, 2.45) is 5.73 Å². The van der Waals surface area contributed by atoms with Crippen LogP contribution >= 0.6 is 0 Å². The smallest absolute Gasteiger partial charge is 0.0243 e. The van der Waals surface area contributed by atoms with Crippen LogP contribution in [0.25, 0.3) is 0 Å². The van der Waals surface area contributed by atoms with Crippen LogP contribution in [0.3, 0.4) is 0 Å². The van der Waals surface area contributed by atoms with E-state index in [2.05, 4.69) is 69.3 Å². The van der Waals surface area contributed by atoms with Gasteiger partial charge in [-0.25, -0.2) is 0 Å². The first-order valence-electron chi connectivity index (χ1n) is 7.01. The third-order valence-corrected chi connectivity index (χ3v) is 3.82. The summed E-state index contributed by atoms with van der Waals surface area (Å²) in [6.07, 6.45) is 0.979. The van der Waals surface area contributed by atoms with Gasteiger partial charge >= 0.3 is 0 Å². The molecular weight excluding hydrogens is 230 g/mol. The first kappa shape index (κ1) is 13.8. The van der Waals surface area contributed by atoms with Gasteiger partial charge in [-0.15, -0.1) is 0 Å². The summed E-state index contributed by atoms with van der Waals surface area (Å²) in [5.74, 6) is 0.284. The highest BCUT2D eigenvalue weighted by Gasteiger charge is 2.21. The Bertz CT molecular complexity index is 531. The van der Waals surface area contributed by atoms with Gasteiger partial charge < -0.3 is 5.73 Å². The molecule has 1 heteroatoms. The molecule has 1 nitrogen and oxygen atoms in total. The molecule has 0 amide bonds. The average molecular weight is 253 g/mol. The summed E-state index contributed by atoms with van der Waals surface area (Å²) in [5.41, 5.74) is 11.7. The molecule has 0 spiro atoms. The van der Waals surface area contributed by atoms with Crippen molar-refractivity contribution in [3.8, 4) is 0 Å². The van der Waals surface area contributed by atoms with Gasteiger partial charge in [-0.1, -0.05) is 61.0 Å². The Labute approximate surface area is 116 Å². The van der Waals surface area contributed by atoms with Crippen LogP contribution in [0.5, 0.6) is 0 Å². The molecule has 2 aromatic rings. The lowest BCUT2D eigenvalue weighted by Gasteiger charge is -2.26. The molecule has 0 aromatic heterocycles. The lowest BCUT2D eigenvalue weighted by atomic mass is 9.82. The van der Waals surface area contributed by atoms with Crippen LogP contribution in [0, 0.1) is 13.8 Å². The second kappa shape index (κ2) is 6.03. The van der Waals surface area contributed by atoms with Crippen LogP contribution in [0.4, 0.5) is 0 Å². The van der Waals surface area contributed by atoms with E-state index in [1.165, 1.54) is 22.3 Å². The van der Waals surface area contributed by atoms with E-state index in [1.807, 2.05) is 0 Å². The van der Waals surface area contributed by atoms with Gasteiger partial charge in [0, 0.05) is 12.0 Å². The molecule has 0 bridgehead atoms. The molecule has 0 saturated heterocycles. The largest absolute Gasteiger partial charge is 0.327 e. The van der Waals surface area contributed by atoms with Crippen molar-refractivity contribution in [2.45, 2.75) is 39.2 Å². The van der Waals surface area contributed by atoms with Crippen molar-refractivity contribution < 1.29 is 0 Å². The minimum atomic E-state index is 0.156. The molecule has 2 N–H and O–H groups in total. The Kier molecular flexibility index (Phi) is 4.39. The summed E-state index contributed by atoms with van der Waals surface area (Å²) in [7, 11) is 0. The molecule has 2 atom stereocenters. The van der Waals surface area contributed by atoms with Crippen molar-refractivity contribution in [2.75, 3.05) is 0 Å². The molecule has 100 valence electrons. The van der Waals surface area contributed by atoms with Gasteiger partial charge in [-0.3, -0.25) is 0 Å². The van der Waals surface area contributed by atoms with Gasteiger partial charge in [-0.05, 0) is 37.0 Å². The summed E-state index contributed by atoms with van der Waals surface area (Å²) in [6.45, 7) is 6.47. The van der Waals surface area contributed by atoms with E-state index in [9.17, 15) is 0 Å². The number of benzene rings is 2. The Morgan fingerprint density at radius 3 is 2.26 bits per heavy atom. The van der Waals surface area contributed by atoms with Gasteiger partial charge in [0.05, 0.1) is 0 Å². The Hall–Kier alpha value is -1.60. The third kappa shape index (κ3) is 3.05. The molecule has 0 radical (unpaired) electrons. The van der Waals surface area contributed by atoms with Crippen LogP contribution in [-0.4, -0.2) is 6.04 Å². The average Bonchev–Trinajstić information content (AvgIpc) is 2.42. The minimum Gasteiger partial charge on any atom is -0.327 e. The monoisotopic (exact) mass is 253 g/mol. The molecule has 0 fully saturated rings.